The molecule has 1 fully saturated rings. The molecule has 1 aliphatic rings. The molecule has 1 aliphatic heterocycles. The van der Waals surface area contributed by atoms with Gasteiger partial charge < -0.3 is 15.5 Å². The predicted octanol–water partition coefficient (Wildman–Crippen LogP) is 3.19. The zero-order valence-electron chi connectivity index (χ0n) is 13.5. The van der Waals surface area contributed by atoms with Gasteiger partial charge in [0.05, 0.1) is 10.3 Å². The summed E-state index contributed by atoms with van der Waals surface area (Å²) >= 11 is 5.14. The van der Waals surface area contributed by atoms with Crippen LogP contribution in [0.5, 0.6) is 0 Å². The second kappa shape index (κ2) is 10.5. The fraction of sp³-hybridized carbons (Fsp3) is 0.600. The van der Waals surface area contributed by atoms with E-state index in [1.54, 1.807) is 11.3 Å². The number of guanidine groups is 1. The van der Waals surface area contributed by atoms with Crippen molar-refractivity contribution in [2.75, 3.05) is 19.6 Å². The first-order chi connectivity index (χ1) is 10.6. The number of hydrogen-bond acceptors (Lipinski definition) is 3. The molecule has 0 radical (unpaired) electrons. The highest BCUT2D eigenvalue weighted by Crippen LogP contribution is 2.21. The molecule has 1 unspecified atom stereocenters. The Morgan fingerprint density at radius 3 is 2.91 bits per heavy atom. The Morgan fingerprint density at radius 1 is 1.52 bits per heavy atom. The van der Waals surface area contributed by atoms with Gasteiger partial charge in [-0.1, -0.05) is 6.92 Å². The summed E-state index contributed by atoms with van der Waals surface area (Å²) in [5.41, 5.74) is 1.20. The number of thiophene rings is 1. The maximum absolute atomic E-state index is 11.7. The molecule has 1 aromatic rings. The third-order valence-electron chi connectivity index (χ3n) is 3.57. The van der Waals surface area contributed by atoms with Crippen molar-refractivity contribution < 1.29 is 4.79 Å². The van der Waals surface area contributed by atoms with Crippen molar-refractivity contribution in [3.63, 3.8) is 0 Å². The monoisotopic (exact) mass is 514 g/mol. The molecule has 23 heavy (non-hydrogen) atoms. The molecule has 1 aromatic heterocycles. The van der Waals surface area contributed by atoms with Crippen molar-refractivity contribution in [1.29, 1.82) is 0 Å². The van der Waals surface area contributed by atoms with E-state index in [-0.39, 0.29) is 35.9 Å². The second-order valence-corrected chi connectivity index (χ2v) is 7.57. The lowest BCUT2D eigenvalue weighted by Crippen LogP contribution is -2.45. The van der Waals surface area contributed by atoms with E-state index in [1.165, 1.54) is 5.56 Å². The zero-order chi connectivity index (χ0) is 15.9. The molecule has 1 saturated heterocycles. The topological polar surface area (TPSA) is 56.7 Å². The second-order valence-electron chi connectivity index (χ2n) is 5.28. The number of amides is 1. The number of likely N-dealkylation sites (tertiary alicyclic amines) is 1. The number of carbonyl (C=O) groups excluding carboxylic acids is 1. The quantitative estimate of drug-likeness (QED) is 0.360. The molecular formula is C15H24BrIN4OS. The van der Waals surface area contributed by atoms with Crippen molar-refractivity contribution in [1.82, 2.24) is 15.5 Å². The van der Waals surface area contributed by atoms with Crippen LogP contribution < -0.4 is 10.6 Å². The Labute approximate surface area is 167 Å². The third-order valence-corrected chi connectivity index (χ3v) is 5.12. The van der Waals surface area contributed by atoms with Crippen LogP contribution in [0, 0.1) is 0 Å². The van der Waals surface area contributed by atoms with Crippen LogP contribution in [0.3, 0.4) is 0 Å². The highest BCUT2D eigenvalue weighted by molar-refractivity contribution is 14.0. The molecule has 1 atom stereocenters. The number of aliphatic imine (C=N–C) groups is 1. The van der Waals surface area contributed by atoms with E-state index in [9.17, 15) is 4.79 Å². The van der Waals surface area contributed by atoms with Gasteiger partial charge in [0, 0.05) is 32.1 Å². The molecule has 0 aromatic carbocycles. The Morgan fingerprint density at radius 2 is 2.30 bits per heavy atom. The molecule has 130 valence electrons. The lowest BCUT2D eigenvalue weighted by Gasteiger charge is -2.18. The predicted molar refractivity (Wildman–Crippen MR) is 111 cm³/mol. The zero-order valence-corrected chi connectivity index (χ0v) is 18.2. The Kier molecular flexibility index (Phi) is 9.45. The van der Waals surface area contributed by atoms with Gasteiger partial charge in [0.25, 0.3) is 0 Å². The molecule has 5 nitrogen and oxygen atoms in total. The summed E-state index contributed by atoms with van der Waals surface area (Å²) < 4.78 is 1.13. The van der Waals surface area contributed by atoms with E-state index < -0.39 is 0 Å². The minimum atomic E-state index is 0. The minimum absolute atomic E-state index is 0. The normalized spacial score (nSPS) is 17.8. The standard InChI is InChI=1S/C15H23BrN4OS.HI/c1-3-14(21)20-6-5-12(9-20)19-15(17-4-2)18-8-11-7-13(16)22-10-11;/h7,10,12H,3-6,8-9H2,1-2H3,(H2,17,18,19);1H. The summed E-state index contributed by atoms with van der Waals surface area (Å²) in [4.78, 5) is 18.3. The summed E-state index contributed by atoms with van der Waals surface area (Å²) in [7, 11) is 0. The average molecular weight is 515 g/mol. The van der Waals surface area contributed by atoms with Crippen LogP contribution in [0.2, 0.25) is 0 Å². The lowest BCUT2D eigenvalue weighted by molar-refractivity contribution is -0.129. The summed E-state index contributed by atoms with van der Waals surface area (Å²) in [6, 6.07) is 2.37. The van der Waals surface area contributed by atoms with E-state index in [0.29, 0.717) is 13.0 Å². The lowest BCUT2D eigenvalue weighted by atomic mass is 10.3. The SMILES string of the molecule is CCNC(=NCc1csc(Br)c1)NC1CCN(C(=O)CC)C1.I. The van der Waals surface area contributed by atoms with Crippen molar-refractivity contribution in [3.05, 3.63) is 20.8 Å². The number of nitrogens with one attached hydrogen (secondary N) is 2. The number of rotatable bonds is 5. The van der Waals surface area contributed by atoms with Crippen LogP contribution in [-0.2, 0) is 11.3 Å². The van der Waals surface area contributed by atoms with Gasteiger partial charge in [-0.15, -0.1) is 35.3 Å². The van der Waals surface area contributed by atoms with Crippen molar-refractivity contribution in [3.8, 4) is 0 Å². The van der Waals surface area contributed by atoms with Gasteiger partial charge in [-0.3, -0.25) is 4.79 Å². The van der Waals surface area contributed by atoms with Crippen LogP contribution in [0.1, 0.15) is 32.3 Å². The summed E-state index contributed by atoms with van der Waals surface area (Å²) in [6.07, 6.45) is 1.55. The smallest absolute Gasteiger partial charge is 0.222 e. The molecular weight excluding hydrogens is 491 g/mol. The van der Waals surface area contributed by atoms with E-state index in [2.05, 4.69) is 49.9 Å². The first-order valence-corrected chi connectivity index (χ1v) is 9.35. The largest absolute Gasteiger partial charge is 0.357 e. The van der Waals surface area contributed by atoms with Gasteiger partial charge in [-0.25, -0.2) is 4.99 Å². The van der Waals surface area contributed by atoms with Crippen LogP contribution >= 0.6 is 51.2 Å². The first-order valence-electron chi connectivity index (χ1n) is 7.67. The van der Waals surface area contributed by atoms with Gasteiger partial charge in [0.15, 0.2) is 5.96 Å². The highest BCUT2D eigenvalue weighted by Gasteiger charge is 2.25. The van der Waals surface area contributed by atoms with Crippen LogP contribution in [-0.4, -0.2) is 42.4 Å². The van der Waals surface area contributed by atoms with Crippen LogP contribution in [0.15, 0.2) is 20.2 Å². The van der Waals surface area contributed by atoms with Gasteiger partial charge in [0.2, 0.25) is 5.91 Å². The highest BCUT2D eigenvalue weighted by atomic mass is 127. The number of nitrogens with zero attached hydrogens (tertiary/aromatic N) is 2. The summed E-state index contributed by atoms with van der Waals surface area (Å²) in [5, 5.41) is 8.82. The van der Waals surface area contributed by atoms with Crippen molar-refractivity contribution in [2.45, 2.75) is 39.3 Å². The van der Waals surface area contributed by atoms with Crippen molar-refractivity contribution in [2.24, 2.45) is 4.99 Å². The van der Waals surface area contributed by atoms with Gasteiger partial charge in [-0.05, 0) is 46.3 Å². The molecule has 0 bridgehead atoms. The first kappa shape index (κ1) is 20.7. The number of hydrogen-bond donors (Lipinski definition) is 2. The molecule has 2 heterocycles. The molecule has 0 saturated carbocycles. The molecule has 1 amide bonds. The van der Waals surface area contributed by atoms with Crippen molar-refractivity contribution >= 4 is 63.1 Å². The number of halogens is 2. The Balaban J connectivity index is 0.00000264. The van der Waals surface area contributed by atoms with E-state index in [1.807, 2.05) is 11.8 Å². The minimum Gasteiger partial charge on any atom is -0.357 e. The summed E-state index contributed by atoms with van der Waals surface area (Å²) in [5.74, 6) is 1.05. The van der Waals surface area contributed by atoms with Gasteiger partial charge >= 0.3 is 0 Å². The summed E-state index contributed by atoms with van der Waals surface area (Å²) in [6.45, 7) is 7.04. The van der Waals surface area contributed by atoms with Crippen LogP contribution in [0.25, 0.3) is 0 Å². The number of carbonyl (C=O) groups is 1. The van der Waals surface area contributed by atoms with Crippen LogP contribution in [0.4, 0.5) is 0 Å². The molecule has 2 N–H and O–H groups in total. The molecule has 0 spiro atoms. The maximum Gasteiger partial charge on any atom is 0.222 e. The average Bonchev–Trinajstić information content (AvgIpc) is 3.13. The van der Waals surface area contributed by atoms with E-state index >= 15 is 0 Å². The van der Waals surface area contributed by atoms with E-state index in [0.717, 1.165) is 35.8 Å². The maximum atomic E-state index is 11.7. The van der Waals surface area contributed by atoms with Gasteiger partial charge in [0.1, 0.15) is 0 Å². The van der Waals surface area contributed by atoms with Gasteiger partial charge in [-0.2, -0.15) is 0 Å². The van der Waals surface area contributed by atoms with E-state index in [4.69, 9.17) is 0 Å². The fourth-order valence-electron chi connectivity index (χ4n) is 2.44. The molecule has 2 rings (SSSR count). The Hall–Kier alpha value is -0.350. The fourth-order valence-corrected chi connectivity index (χ4v) is 3.64. The molecule has 0 aliphatic carbocycles. The Bertz CT molecular complexity index is 537. The molecule has 8 heteroatoms. The third kappa shape index (κ3) is 6.58.